The Morgan fingerprint density at radius 2 is 0.769 bits per heavy atom. The van der Waals surface area contributed by atoms with E-state index in [2.05, 4.69) is 31.9 Å². The maximum atomic E-state index is 12.3. The van der Waals surface area contributed by atoms with E-state index in [0.29, 0.717) is 22.6 Å². The van der Waals surface area contributed by atoms with Crippen molar-refractivity contribution in [2.75, 3.05) is 13.2 Å². The molecule has 4 aromatic rings. The van der Waals surface area contributed by atoms with E-state index < -0.39 is 11.9 Å². The Labute approximate surface area is 241 Å². The topological polar surface area (TPSA) is 96.0 Å². The number of benzene rings is 4. The molecule has 0 heterocycles. The normalized spacial score (nSPS) is 10.4. The monoisotopic (exact) mass is 650 g/mol. The van der Waals surface area contributed by atoms with Crippen LogP contribution in [-0.4, -0.2) is 36.7 Å². The minimum absolute atomic E-state index is 0.265. The highest BCUT2D eigenvalue weighted by molar-refractivity contribution is 9.10. The molecule has 0 bridgehead atoms. The van der Waals surface area contributed by atoms with Gasteiger partial charge in [-0.3, -0.25) is 9.59 Å². The fraction of sp³-hybridized carbons (Fsp3) is 0.0667. The van der Waals surface area contributed by atoms with Gasteiger partial charge in [-0.15, -0.1) is 0 Å². The second-order valence-electron chi connectivity index (χ2n) is 8.16. The van der Waals surface area contributed by atoms with E-state index in [1.54, 1.807) is 72.8 Å². The second kappa shape index (κ2) is 13.1. The Morgan fingerprint density at radius 3 is 1.10 bits per heavy atom. The summed E-state index contributed by atoms with van der Waals surface area (Å²) < 4.78 is 17.7. The highest BCUT2D eigenvalue weighted by atomic mass is 79.9. The Morgan fingerprint density at radius 1 is 0.462 bits per heavy atom. The zero-order valence-electron chi connectivity index (χ0n) is 20.3. The minimum atomic E-state index is -0.631. The Balaban J connectivity index is 1.26. The Bertz CT molecular complexity index is 1360. The molecule has 0 N–H and O–H groups in total. The fourth-order valence-electron chi connectivity index (χ4n) is 3.32. The van der Waals surface area contributed by atoms with Crippen LogP contribution >= 0.6 is 31.9 Å². The number of Topliss-reactive ketones (excluding diaryl/α,β-unsaturated/α-hetero) is 2. The molecule has 39 heavy (non-hydrogen) atoms. The van der Waals surface area contributed by atoms with Crippen LogP contribution in [0.3, 0.4) is 0 Å². The summed E-state index contributed by atoms with van der Waals surface area (Å²) in [5.41, 5.74) is 1.43. The SMILES string of the molecule is O=C(COC(=O)c1ccc(Oc2ccc(C(=O)OCC(=O)c3ccc(Br)cc3)cc2)cc1)c1ccc(Br)cc1. The van der Waals surface area contributed by atoms with Crippen LogP contribution in [0, 0.1) is 0 Å². The molecule has 0 spiro atoms. The third kappa shape index (κ3) is 7.95. The lowest BCUT2D eigenvalue weighted by Gasteiger charge is -2.08. The van der Waals surface area contributed by atoms with E-state index in [1.807, 2.05) is 0 Å². The quantitative estimate of drug-likeness (QED) is 0.134. The molecule has 4 aromatic carbocycles. The number of ketones is 2. The highest BCUT2D eigenvalue weighted by Crippen LogP contribution is 2.23. The van der Waals surface area contributed by atoms with Gasteiger partial charge in [-0.05, 0) is 72.8 Å². The molecule has 0 saturated carbocycles. The largest absolute Gasteiger partial charge is 0.457 e. The number of esters is 2. The van der Waals surface area contributed by atoms with E-state index in [-0.39, 0.29) is 35.9 Å². The maximum absolute atomic E-state index is 12.3. The first-order chi connectivity index (χ1) is 18.8. The van der Waals surface area contributed by atoms with Crippen molar-refractivity contribution >= 4 is 55.4 Å². The molecule has 0 aliphatic rings. The molecule has 0 aliphatic carbocycles. The molecule has 0 saturated heterocycles. The summed E-state index contributed by atoms with van der Waals surface area (Å²) in [5, 5.41) is 0. The van der Waals surface area contributed by atoms with Crippen molar-refractivity contribution in [3.63, 3.8) is 0 Å². The molecule has 0 fully saturated rings. The van der Waals surface area contributed by atoms with Crippen LogP contribution < -0.4 is 4.74 Å². The van der Waals surface area contributed by atoms with Crippen LogP contribution in [0.15, 0.2) is 106 Å². The summed E-state index contributed by atoms with van der Waals surface area (Å²) in [4.78, 5) is 49.0. The Hall–Kier alpha value is -4.08. The molecule has 4 rings (SSSR count). The molecule has 0 amide bonds. The number of ether oxygens (including phenoxy) is 3. The van der Waals surface area contributed by atoms with E-state index >= 15 is 0 Å². The van der Waals surface area contributed by atoms with Gasteiger partial charge >= 0.3 is 11.9 Å². The molecule has 196 valence electrons. The number of hydrogen-bond acceptors (Lipinski definition) is 7. The summed E-state index contributed by atoms with van der Waals surface area (Å²) in [6, 6.07) is 26.0. The van der Waals surface area contributed by atoms with Crippen LogP contribution in [0.4, 0.5) is 0 Å². The lowest BCUT2D eigenvalue weighted by Crippen LogP contribution is -2.14. The lowest BCUT2D eigenvalue weighted by atomic mass is 10.1. The average molecular weight is 652 g/mol. The third-order valence-electron chi connectivity index (χ3n) is 5.42. The van der Waals surface area contributed by atoms with Crippen LogP contribution in [0.1, 0.15) is 41.4 Å². The van der Waals surface area contributed by atoms with Gasteiger partial charge in [0, 0.05) is 20.1 Å². The van der Waals surface area contributed by atoms with Gasteiger partial charge in [0.2, 0.25) is 0 Å². The number of hydrogen-bond donors (Lipinski definition) is 0. The van der Waals surface area contributed by atoms with Gasteiger partial charge in [0.15, 0.2) is 24.8 Å². The first-order valence-corrected chi connectivity index (χ1v) is 13.2. The van der Waals surface area contributed by atoms with Crippen LogP contribution in [-0.2, 0) is 9.47 Å². The number of halogens is 2. The molecule has 0 aromatic heterocycles. The lowest BCUT2D eigenvalue weighted by molar-refractivity contribution is 0.0472. The standard InChI is InChI=1S/C30H20Br2O7/c31-23-9-1-19(2-10-23)27(33)17-37-29(35)21-5-13-25(14-6-21)39-26-15-7-22(8-16-26)30(36)38-18-28(34)20-3-11-24(32)12-4-20/h1-16H,17-18H2. The van der Waals surface area contributed by atoms with Crippen molar-refractivity contribution in [1.82, 2.24) is 0 Å². The van der Waals surface area contributed by atoms with E-state index in [1.165, 1.54) is 24.3 Å². The van der Waals surface area contributed by atoms with Gasteiger partial charge in [-0.2, -0.15) is 0 Å². The van der Waals surface area contributed by atoms with Gasteiger partial charge in [0.1, 0.15) is 11.5 Å². The Kier molecular flexibility index (Phi) is 9.40. The van der Waals surface area contributed by atoms with Crippen molar-refractivity contribution < 1.29 is 33.4 Å². The predicted octanol–water partition coefficient (Wildman–Crippen LogP) is 7.08. The van der Waals surface area contributed by atoms with Crippen molar-refractivity contribution in [2.24, 2.45) is 0 Å². The maximum Gasteiger partial charge on any atom is 0.338 e. The third-order valence-corrected chi connectivity index (χ3v) is 6.47. The van der Waals surface area contributed by atoms with E-state index in [9.17, 15) is 19.2 Å². The molecule has 9 heteroatoms. The smallest absolute Gasteiger partial charge is 0.338 e. The first-order valence-electron chi connectivity index (χ1n) is 11.6. The van der Waals surface area contributed by atoms with Crippen LogP contribution in [0.2, 0.25) is 0 Å². The molecular formula is C30H20Br2O7. The molecule has 0 radical (unpaired) electrons. The van der Waals surface area contributed by atoms with Crippen molar-refractivity contribution in [1.29, 1.82) is 0 Å². The molecular weight excluding hydrogens is 632 g/mol. The van der Waals surface area contributed by atoms with Crippen molar-refractivity contribution in [3.8, 4) is 11.5 Å². The molecule has 0 unspecified atom stereocenters. The van der Waals surface area contributed by atoms with Gasteiger partial charge in [0.05, 0.1) is 11.1 Å². The van der Waals surface area contributed by atoms with E-state index in [0.717, 1.165) is 8.95 Å². The summed E-state index contributed by atoms with van der Waals surface area (Å²) in [7, 11) is 0. The van der Waals surface area contributed by atoms with Crippen LogP contribution in [0.25, 0.3) is 0 Å². The first kappa shape index (κ1) is 27.9. The zero-order chi connectivity index (χ0) is 27.8. The fourth-order valence-corrected chi connectivity index (χ4v) is 3.85. The number of carbonyl (C=O) groups is 4. The van der Waals surface area contributed by atoms with Gasteiger partial charge < -0.3 is 14.2 Å². The van der Waals surface area contributed by atoms with Crippen LogP contribution in [0.5, 0.6) is 11.5 Å². The van der Waals surface area contributed by atoms with Gasteiger partial charge in [-0.25, -0.2) is 9.59 Å². The average Bonchev–Trinajstić information content (AvgIpc) is 2.96. The minimum Gasteiger partial charge on any atom is -0.457 e. The summed E-state index contributed by atoms with van der Waals surface area (Å²) in [6.45, 7) is -0.738. The molecule has 0 atom stereocenters. The molecule has 7 nitrogen and oxygen atoms in total. The van der Waals surface area contributed by atoms with Crippen molar-refractivity contribution in [3.05, 3.63) is 128 Å². The number of rotatable bonds is 10. The molecule has 0 aliphatic heterocycles. The zero-order valence-corrected chi connectivity index (χ0v) is 23.4. The summed E-state index contributed by atoms with van der Waals surface area (Å²) >= 11 is 6.61. The predicted molar refractivity (Wildman–Crippen MR) is 150 cm³/mol. The van der Waals surface area contributed by atoms with Gasteiger partial charge in [0.25, 0.3) is 0 Å². The number of carbonyl (C=O) groups excluding carboxylic acids is 4. The second-order valence-corrected chi connectivity index (χ2v) is 9.99. The highest BCUT2D eigenvalue weighted by Gasteiger charge is 2.14. The summed E-state index contributed by atoms with van der Waals surface area (Å²) in [6.07, 6.45) is 0. The summed E-state index contributed by atoms with van der Waals surface area (Å²) in [5.74, 6) is -0.971. The van der Waals surface area contributed by atoms with Gasteiger partial charge in [-0.1, -0.05) is 56.1 Å². The van der Waals surface area contributed by atoms with Crippen molar-refractivity contribution in [2.45, 2.75) is 0 Å². The van der Waals surface area contributed by atoms with E-state index in [4.69, 9.17) is 14.2 Å².